The van der Waals surface area contributed by atoms with Crippen LogP contribution in [0.15, 0.2) is 24.5 Å². The van der Waals surface area contributed by atoms with E-state index >= 15 is 0 Å². The smallest absolute Gasteiger partial charge is 0.116 e. The van der Waals surface area contributed by atoms with Gasteiger partial charge in [0.15, 0.2) is 0 Å². The molecule has 1 saturated heterocycles. The molecule has 1 aliphatic heterocycles. The lowest BCUT2D eigenvalue weighted by Crippen LogP contribution is -2.01. The molecule has 0 bridgehead atoms. The van der Waals surface area contributed by atoms with Crippen LogP contribution in [-0.4, -0.2) is 19.3 Å². The van der Waals surface area contributed by atoms with Crippen molar-refractivity contribution < 1.29 is 9.47 Å². The Balaban J connectivity index is 0. The molecule has 1 fully saturated rings. The van der Waals surface area contributed by atoms with Crippen LogP contribution in [0.4, 0.5) is 0 Å². The molecule has 16 heavy (non-hydrogen) atoms. The molecule has 2 nitrogen and oxygen atoms in total. The van der Waals surface area contributed by atoms with Gasteiger partial charge in [-0.25, -0.2) is 0 Å². The van der Waals surface area contributed by atoms with Gasteiger partial charge in [0.05, 0.1) is 12.4 Å². The van der Waals surface area contributed by atoms with Crippen LogP contribution in [0.3, 0.4) is 0 Å². The van der Waals surface area contributed by atoms with Crippen molar-refractivity contribution in [1.82, 2.24) is 0 Å². The van der Waals surface area contributed by atoms with E-state index in [-0.39, 0.29) is 0 Å². The van der Waals surface area contributed by atoms with Gasteiger partial charge >= 0.3 is 0 Å². The highest BCUT2D eigenvalue weighted by molar-refractivity contribution is 4.93. The number of hydrogen-bond acceptors (Lipinski definition) is 2. The van der Waals surface area contributed by atoms with Crippen LogP contribution in [0.5, 0.6) is 0 Å². The van der Waals surface area contributed by atoms with E-state index in [1.165, 1.54) is 0 Å². The molecule has 96 valence electrons. The second kappa shape index (κ2) is 14.2. The molecule has 1 aliphatic rings. The van der Waals surface area contributed by atoms with Gasteiger partial charge in [0.25, 0.3) is 0 Å². The molecule has 0 saturated carbocycles. The highest BCUT2D eigenvalue weighted by Gasteiger charge is 2.23. The quantitative estimate of drug-likeness (QED) is 0.383. The number of ether oxygens (including phenoxy) is 2. The Morgan fingerprint density at radius 3 is 2.31 bits per heavy atom. The van der Waals surface area contributed by atoms with E-state index in [1.54, 1.807) is 0 Å². The van der Waals surface area contributed by atoms with Gasteiger partial charge < -0.3 is 9.47 Å². The van der Waals surface area contributed by atoms with Crippen LogP contribution in [0.2, 0.25) is 0 Å². The molecule has 0 aromatic rings. The zero-order valence-corrected chi connectivity index (χ0v) is 11.6. The molecule has 0 aromatic heterocycles. The van der Waals surface area contributed by atoms with Gasteiger partial charge in [0, 0.05) is 6.42 Å². The van der Waals surface area contributed by atoms with E-state index in [9.17, 15) is 0 Å². The van der Waals surface area contributed by atoms with E-state index < -0.39 is 0 Å². The number of allylic oxidation sites excluding steroid dienone is 3. The minimum absolute atomic E-state index is 0.351. The summed E-state index contributed by atoms with van der Waals surface area (Å²) in [5.74, 6) is 1.05. The van der Waals surface area contributed by atoms with Gasteiger partial charge in [-0.15, -0.1) is 6.58 Å². The predicted octanol–water partition coefficient (Wildman–Crippen LogP) is 4.32. The Hall–Kier alpha value is -0.760. The third-order valence-corrected chi connectivity index (χ3v) is 1.77. The van der Waals surface area contributed by atoms with Gasteiger partial charge in [0.2, 0.25) is 0 Å². The van der Waals surface area contributed by atoms with Crippen LogP contribution < -0.4 is 0 Å². The van der Waals surface area contributed by atoms with Crippen LogP contribution in [0.25, 0.3) is 0 Å². The number of hydrogen-bond donors (Lipinski definition) is 0. The fourth-order valence-corrected chi connectivity index (χ4v) is 0.908. The van der Waals surface area contributed by atoms with Crippen molar-refractivity contribution in [2.45, 2.75) is 53.6 Å². The Kier molecular flexibility index (Phi) is 15.7. The molecule has 2 heteroatoms. The third-order valence-electron chi connectivity index (χ3n) is 1.77. The molecule has 1 heterocycles. The lowest BCUT2D eigenvalue weighted by Gasteiger charge is -2.06. The summed E-state index contributed by atoms with van der Waals surface area (Å²) in [7, 11) is 0. The second-order valence-corrected chi connectivity index (χ2v) is 2.85. The summed E-state index contributed by atoms with van der Waals surface area (Å²) in [5, 5.41) is 0. The van der Waals surface area contributed by atoms with E-state index in [0.29, 0.717) is 12.7 Å². The molecule has 1 rings (SSSR count). The van der Waals surface area contributed by atoms with Crippen LogP contribution >= 0.6 is 0 Å². The fraction of sp³-hybridized carbons (Fsp3) is 0.714. The number of epoxide rings is 1. The Morgan fingerprint density at radius 2 is 1.94 bits per heavy atom. The molecule has 0 N–H and O–H groups in total. The lowest BCUT2D eigenvalue weighted by atomic mass is 10.2. The molecule has 0 amide bonds. The van der Waals surface area contributed by atoms with Gasteiger partial charge in [-0.3, -0.25) is 0 Å². The van der Waals surface area contributed by atoms with Crippen molar-refractivity contribution in [3.63, 3.8) is 0 Å². The van der Waals surface area contributed by atoms with Gasteiger partial charge in [-0.2, -0.15) is 0 Å². The molecule has 0 spiro atoms. The summed E-state index contributed by atoms with van der Waals surface area (Å²) in [4.78, 5) is 0. The van der Waals surface area contributed by atoms with Gasteiger partial charge in [-0.1, -0.05) is 33.8 Å². The first kappa shape index (κ1) is 17.6. The first-order valence-corrected chi connectivity index (χ1v) is 6.37. The van der Waals surface area contributed by atoms with Crippen molar-refractivity contribution in [3.05, 3.63) is 24.5 Å². The monoisotopic (exact) mass is 228 g/mol. The Morgan fingerprint density at radius 1 is 1.38 bits per heavy atom. The normalized spacial score (nSPS) is 17.3. The third kappa shape index (κ3) is 11.3. The SMILES string of the molecule is C=CCC/C(=C\C)OCC1CO1.CC.CC. The first-order valence-electron chi connectivity index (χ1n) is 6.37. The summed E-state index contributed by atoms with van der Waals surface area (Å²) in [5.41, 5.74) is 0. The molecule has 1 unspecified atom stereocenters. The highest BCUT2D eigenvalue weighted by atomic mass is 16.6. The van der Waals surface area contributed by atoms with Crippen molar-refractivity contribution in [2.24, 2.45) is 0 Å². The molecular weight excluding hydrogens is 200 g/mol. The maximum Gasteiger partial charge on any atom is 0.116 e. The summed E-state index contributed by atoms with van der Waals surface area (Å²) >= 11 is 0. The second-order valence-electron chi connectivity index (χ2n) is 2.85. The fourth-order valence-electron chi connectivity index (χ4n) is 0.908. The predicted molar refractivity (Wildman–Crippen MR) is 71.6 cm³/mol. The van der Waals surface area contributed by atoms with Gasteiger partial charge in [0.1, 0.15) is 12.7 Å². The van der Waals surface area contributed by atoms with Gasteiger partial charge in [-0.05, 0) is 19.4 Å². The van der Waals surface area contributed by atoms with Crippen molar-refractivity contribution in [3.8, 4) is 0 Å². The topological polar surface area (TPSA) is 21.8 Å². The largest absolute Gasteiger partial charge is 0.495 e. The minimum Gasteiger partial charge on any atom is -0.495 e. The Bertz CT molecular complexity index is 170. The molecular formula is C14H28O2. The first-order chi connectivity index (χ1) is 7.86. The van der Waals surface area contributed by atoms with E-state index in [1.807, 2.05) is 46.8 Å². The maximum atomic E-state index is 5.51. The summed E-state index contributed by atoms with van der Waals surface area (Å²) in [6.45, 7) is 15.2. The van der Waals surface area contributed by atoms with E-state index in [4.69, 9.17) is 9.47 Å². The van der Waals surface area contributed by atoms with Crippen LogP contribution in [-0.2, 0) is 9.47 Å². The van der Waals surface area contributed by atoms with Crippen LogP contribution in [0.1, 0.15) is 47.5 Å². The van der Waals surface area contributed by atoms with Crippen molar-refractivity contribution >= 4 is 0 Å². The van der Waals surface area contributed by atoms with Crippen LogP contribution in [0, 0.1) is 0 Å². The maximum absolute atomic E-state index is 5.51. The average molecular weight is 228 g/mol. The summed E-state index contributed by atoms with van der Waals surface area (Å²) < 4.78 is 10.5. The minimum atomic E-state index is 0.351. The standard InChI is InChI=1S/C10H16O2.2C2H6/c1-3-5-6-9(4-2)11-7-10-8-12-10;2*1-2/h3-4,10H,1,5-8H2,2H3;2*1-2H3/b9-4+;;. The molecule has 0 radical (unpaired) electrons. The molecule has 1 atom stereocenters. The highest BCUT2D eigenvalue weighted by Crippen LogP contribution is 2.13. The Labute approximate surface area is 101 Å². The number of rotatable bonds is 6. The average Bonchev–Trinajstić information content (AvgIpc) is 3.18. The zero-order valence-electron chi connectivity index (χ0n) is 11.6. The zero-order chi connectivity index (χ0) is 12.8. The van der Waals surface area contributed by atoms with Crippen molar-refractivity contribution in [1.29, 1.82) is 0 Å². The van der Waals surface area contributed by atoms with Crippen molar-refractivity contribution in [2.75, 3.05) is 13.2 Å². The lowest BCUT2D eigenvalue weighted by molar-refractivity contribution is 0.175. The van der Waals surface area contributed by atoms with E-state index in [2.05, 4.69) is 6.58 Å². The summed E-state index contributed by atoms with van der Waals surface area (Å²) in [6, 6.07) is 0. The summed E-state index contributed by atoms with van der Waals surface area (Å²) in [6.07, 6.45) is 6.19. The van der Waals surface area contributed by atoms with E-state index in [0.717, 1.165) is 25.2 Å². The molecule has 0 aromatic carbocycles. The molecule has 0 aliphatic carbocycles.